The van der Waals surface area contributed by atoms with Crippen molar-refractivity contribution < 1.29 is 14.7 Å². The van der Waals surface area contributed by atoms with Gasteiger partial charge in [-0.15, -0.1) is 0 Å². The number of nitrogens with one attached hydrogen (secondary N) is 1. The van der Waals surface area contributed by atoms with Crippen LogP contribution in [0.1, 0.15) is 27.0 Å². The molecule has 2 N–H and O–H groups in total. The Bertz CT molecular complexity index is 665. The lowest BCUT2D eigenvalue weighted by atomic mass is 10.0. The van der Waals surface area contributed by atoms with Gasteiger partial charge in [-0.05, 0) is 24.1 Å². The second-order valence-electron chi connectivity index (χ2n) is 4.90. The number of amides is 1. The van der Waals surface area contributed by atoms with Crippen LogP contribution in [0.3, 0.4) is 0 Å². The molecule has 1 amide bonds. The van der Waals surface area contributed by atoms with E-state index in [1.165, 1.54) is 6.07 Å². The van der Waals surface area contributed by atoms with Gasteiger partial charge in [0.2, 0.25) is 5.91 Å². The van der Waals surface area contributed by atoms with Crippen molar-refractivity contribution in [1.82, 2.24) is 5.32 Å². The summed E-state index contributed by atoms with van der Waals surface area (Å²) in [7, 11) is 0. The molecule has 0 aliphatic rings. The maximum Gasteiger partial charge on any atom is 0.335 e. The minimum absolute atomic E-state index is 0.0638. The molecule has 0 saturated carbocycles. The molecule has 0 heterocycles. The van der Waals surface area contributed by atoms with Crippen LogP contribution in [0.5, 0.6) is 0 Å². The van der Waals surface area contributed by atoms with Crippen LogP contribution in [0.2, 0.25) is 0 Å². The third kappa shape index (κ3) is 4.18. The van der Waals surface area contributed by atoms with E-state index in [-0.39, 0.29) is 17.9 Å². The van der Waals surface area contributed by atoms with Gasteiger partial charge in [0.15, 0.2) is 0 Å². The lowest BCUT2D eigenvalue weighted by Gasteiger charge is -2.08. The summed E-state index contributed by atoms with van der Waals surface area (Å²) in [6, 6.07) is 14.4. The molecule has 0 spiro atoms. The highest BCUT2D eigenvalue weighted by atomic mass is 16.4. The molecule has 4 heteroatoms. The Morgan fingerprint density at radius 3 is 2.57 bits per heavy atom. The van der Waals surface area contributed by atoms with Crippen LogP contribution < -0.4 is 5.32 Å². The summed E-state index contributed by atoms with van der Waals surface area (Å²) in [5.74, 6) is -1.21. The van der Waals surface area contributed by atoms with Crippen molar-refractivity contribution in [2.45, 2.75) is 19.9 Å². The van der Waals surface area contributed by atoms with Crippen LogP contribution in [0.4, 0.5) is 0 Å². The number of aryl methyl sites for hydroxylation is 1. The minimum atomic E-state index is -1.02. The fourth-order valence-electron chi connectivity index (χ4n) is 2.14. The average Bonchev–Trinajstić information content (AvgIpc) is 2.45. The second kappa shape index (κ2) is 6.70. The largest absolute Gasteiger partial charge is 0.478 e. The van der Waals surface area contributed by atoms with Gasteiger partial charge in [-0.3, -0.25) is 4.79 Å². The summed E-state index contributed by atoms with van der Waals surface area (Å²) in [4.78, 5) is 23.0. The molecule has 2 rings (SSSR count). The summed E-state index contributed by atoms with van der Waals surface area (Å²) in [5.41, 5.74) is 2.85. The van der Waals surface area contributed by atoms with Crippen LogP contribution in [-0.2, 0) is 17.8 Å². The number of carboxylic acids is 1. The number of benzene rings is 2. The highest BCUT2D eigenvalue weighted by Gasteiger charge is 2.12. The summed E-state index contributed by atoms with van der Waals surface area (Å²) in [6.45, 7) is 2.43. The maximum absolute atomic E-state index is 11.9. The predicted octanol–water partition coefficient (Wildman–Crippen LogP) is 2.55. The zero-order valence-corrected chi connectivity index (χ0v) is 11.8. The molecule has 0 radical (unpaired) electrons. The molecule has 4 nitrogen and oxygen atoms in total. The summed E-state index contributed by atoms with van der Waals surface area (Å²) in [5, 5.41) is 11.9. The van der Waals surface area contributed by atoms with E-state index in [1.807, 2.05) is 31.2 Å². The Hall–Kier alpha value is -2.62. The fourth-order valence-corrected chi connectivity index (χ4v) is 2.14. The van der Waals surface area contributed by atoms with E-state index in [2.05, 4.69) is 5.32 Å². The van der Waals surface area contributed by atoms with Gasteiger partial charge in [0.1, 0.15) is 0 Å². The molecule has 108 valence electrons. The van der Waals surface area contributed by atoms with Gasteiger partial charge in [-0.1, -0.05) is 48.0 Å². The maximum atomic E-state index is 11.9. The van der Waals surface area contributed by atoms with E-state index in [0.717, 1.165) is 11.1 Å². The standard InChI is InChI=1S/C17H17NO3/c1-12-5-4-6-13(9-12)11-18-16(19)10-14-7-2-3-8-15(14)17(20)21/h2-9H,10-11H2,1H3,(H,18,19)(H,20,21). The molecule has 0 aliphatic carbocycles. The zero-order valence-electron chi connectivity index (χ0n) is 11.8. The normalized spacial score (nSPS) is 10.1. The summed E-state index contributed by atoms with van der Waals surface area (Å²) < 4.78 is 0. The third-order valence-electron chi connectivity index (χ3n) is 3.17. The van der Waals surface area contributed by atoms with Crippen LogP contribution >= 0.6 is 0 Å². The molecule has 0 aliphatic heterocycles. The number of rotatable bonds is 5. The van der Waals surface area contributed by atoms with Crippen molar-refractivity contribution in [2.24, 2.45) is 0 Å². The predicted molar refractivity (Wildman–Crippen MR) is 80.1 cm³/mol. The third-order valence-corrected chi connectivity index (χ3v) is 3.17. The van der Waals surface area contributed by atoms with Crippen molar-refractivity contribution in [3.05, 3.63) is 70.8 Å². The van der Waals surface area contributed by atoms with Gasteiger partial charge in [-0.25, -0.2) is 4.79 Å². The van der Waals surface area contributed by atoms with Gasteiger partial charge < -0.3 is 10.4 Å². The number of carbonyl (C=O) groups excluding carboxylic acids is 1. The lowest BCUT2D eigenvalue weighted by molar-refractivity contribution is -0.120. The molecular weight excluding hydrogens is 266 g/mol. The van der Waals surface area contributed by atoms with Gasteiger partial charge >= 0.3 is 5.97 Å². The average molecular weight is 283 g/mol. The van der Waals surface area contributed by atoms with Crippen LogP contribution in [0, 0.1) is 6.92 Å². The Morgan fingerprint density at radius 1 is 1.10 bits per heavy atom. The Labute approximate surface area is 123 Å². The van der Waals surface area contributed by atoms with Crippen molar-refractivity contribution >= 4 is 11.9 Å². The zero-order chi connectivity index (χ0) is 15.2. The highest BCUT2D eigenvalue weighted by molar-refractivity contribution is 5.91. The van der Waals surface area contributed by atoms with Gasteiger partial charge in [0.25, 0.3) is 0 Å². The van der Waals surface area contributed by atoms with Gasteiger partial charge in [0, 0.05) is 6.54 Å². The molecule has 0 unspecified atom stereocenters. The van der Waals surface area contributed by atoms with E-state index in [9.17, 15) is 9.59 Å². The molecule has 0 aromatic heterocycles. The highest BCUT2D eigenvalue weighted by Crippen LogP contribution is 2.10. The molecule has 2 aromatic rings. The number of hydrogen-bond acceptors (Lipinski definition) is 2. The quantitative estimate of drug-likeness (QED) is 0.886. The molecule has 0 atom stereocenters. The molecule has 0 saturated heterocycles. The summed E-state index contributed by atoms with van der Waals surface area (Å²) >= 11 is 0. The molecule has 21 heavy (non-hydrogen) atoms. The van der Waals surface area contributed by atoms with Crippen LogP contribution in [0.25, 0.3) is 0 Å². The van der Waals surface area contributed by atoms with Crippen molar-refractivity contribution in [3.8, 4) is 0 Å². The van der Waals surface area contributed by atoms with E-state index < -0.39 is 5.97 Å². The number of carbonyl (C=O) groups is 2. The first-order chi connectivity index (χ1) is 10.1. The molecule has 2 aromatic carbocycles. The molecule has 0 fully saturated rings. The second-order valence-corrected chi connectivity index (χ2v) is 4.90. The minimum Gasteiger partial charge on any atom is -0.478 e. The van der Waals surface area contributed by atoms with E-state index in [0.29, 0.717) is 12.1 Å². The Balaban J connectivity index is 1.98. The topological polar surface area (TPSA) is 66.4 Å². The SMILES string of the molecule is Cc1cccc(CNC(=O)Cc2ccccc2C(=O)O)c1. The van der Waals surface area contributed by atoms with Gasteiger partial charge in [0.05, 0.1) is 12.0 Å². The van der Waals surface area contributed by atoms with Gasteiger partial charge in [-0.2, -0.15) is 0 Å². The first-order valence-electron chi connectivity index (χ1n) is 6.69. The number of aromatic carboxylic acids is 1. The summed E-state index contributed by atoms with van der Waals surface area (Å²) in [6.07, 6.45) is 0.0638. The smallest absolute Gasteiger partial charge is 0.335 e. The Kier molecular flexibility index (Phi) is 4.72. The fraction of sp³-hybridized carbons (Fsp3) is 0.176. The Morgan fingerprint density at radius 2 is 1.86 bits per heavy atom. The van der Waals surface area contributed by atoms with Crippen molar-refractivity contribution in [2.75, 3.05) is 0 Å². The first kappa shape index (κ1) is 14.8. The lowest BCUT2D eigenvalue weighted by Crippen LogP contribution is -2.25. The number of carboxylic acid groups (broad SMARTS) is 1. The monoisotopic (exact) mass is 283 g/mol. The first-order valence-corrected chi connectivity index (χ1v) is 6.69. The van der Waals surface area contributed by atoms with Crippen LogP contribution in [0.15, 0.2) is 48.5 Å². The molecule has 0 bridgehead atoms. The number of hydrogen-bond donors (Lipinski definition) is 2. The van der Waals surface area contributed by atoms with E-state index in [4.69, 9.17) is 5.11 Å². The van der Waals surface area contributed by atoms with E-state index in [1.54, 1.807) is 18.2 Å². The van der Waals surface area contributed by atoms with E-state index >= 15 is 0 Å². The van der Waals surface area contributed by atoms with Crippen molar-refractivity contribution in [3.63, 3.8) is 0 Å². The van der Waals surface area contributed by atoms with Crippen LogP contribution in [-0.4, -0.2) is 17.0 Å². The molecular formula is C17H17NO3. The van der Waals surface area contributed by atoms with Crippen molar-refractivity contribution in [1.29, 1.82) is 0 Å².